The standard InChI is InChI=1S/C23H23ClF2N4O3/c24-16-2-1-15(11-17(16)25)21(5-9-31)30-8-4-14(12-22(30)32)19-3-7-27-23(28-19)29-20-6-10-33-13-18(20)26/h1-4,7-8,11-12,18,20-21,31H,5-6,9-10,13H2,(H,27,28,29)/t18-,20-,21-/m1/s1. The summed E-state index contributed by atoms with van der Waals surface area (Å²) < 4.78 is 34.6. The van der Waals surface area contributed by atoms with Gasteiger partial charge >= 0.3 is 0 Å². The van der Waals surface area contributed by atoms with Crippen LogP contribution in [0.25, 0.3) is 11.3 Å². The summed E-state index contributed by atoms with van der Waals surface area (Å²) in [5.74, 6) is -0.330. The molecule has 1 aromatic carbocycles. The second-order valence-electron chi connectivity index (χ2n) is 7.76. The van der Waals surface area contributed by atoms with Gasteiger partial charge in [0.1, 0.15) is 12.0 Å². The summed E-state index contributed by atoms with van der Waals surface area (Å²) in [7, 11) is 0. The number of nitrogens with zero attached hydrogens (tertiary/aromatic N) is 3. The molecule has 7 nitrogen and oxygen atoms in total. The van der Waals surface area contributed by atoms with Gasteiger partial charge in [-0.25, -0.2) is 18.7 Å². The highest BCUT2D eigenvalue weighted by Gasteiger charge is 2.26. The lowest BCUT2D eigenvalue weighted by Gasteiger charge is -2.26. The van der Waals surface area contributed by atoms with E-state index in [0.29, 0.717) is 29.8 Å². The number of aromatic nitrogens is 3. The quantitative estimate of drug-likeness (QED) is 0.541. The molecule has 3 atom stereocenters. The first-order chi connectivity index (χ1) is 16.0. The van der Waals surface area contributed by atoms with Gasteiger partial charge < -0.3 is 19.7 Å². The molecule has 0 amide bonds. The SMILES string of the molecule is O=c1cc(-c2ccnc(N[C@@H]3CCOC[C@H]3F)n2)ccn1[C@H](CCO)c1ccc(Cl)c(F)c1. The highest BCUT2D eigenvalue weighted by molar-refractivity contribution is 6.30. The molecule has 1 fully saturated rings. The van der Waals surface area contributed by atoms with Gasteiger partial charge in [0.2, 0.25) is 5.95 Å². The van der Waals surface area contributed by atoms with E-state index in [1.54, 1.807) is 24.4 Å². The Bertz CT molecular complexity index is 1180. The van der Waals surface area contributed by atoms with Gasteiger partial charge in [-0.05, 0) is 42.7 Å². The summed E-state index contributed by atoms with van der Waals surface area (Å²) in [6, 6.07) is 8.07. The summed E-state index contributed by atoms with van der Waals surface area (Å²) in [5.41, 5.74) is 1.22. The highest BCUT2D eigenvalue weighted by atomic mass is 35.5. The van der Waals surface area contributed by atoms with Gasteiger partial charge in [-0.3, -0.25) is 4.79 Å². The van der Waals surface area contributed by atoms with Crippen molar-refractivity contribution in [2.45, 2.75) is 31.1 Å². The van der Waals surface area contributed by atoms with Crippen molar-refractivity contribution < 1.29 is 18.6 Å². The van der Waals surface area contributed by atoms with Crippen LogP contribution in [0.5, 0.6) is 0 Å². The maximum Gasteiger partial charge on any atom is 0.251 e. The van der Waals surface area contributed by atoms with E-state index in [1.165, 1.54) is 29.0 Å². The lowest BCUT2D eigenvalue weighted by molar-refractivity contribution is 0.0284. The third-order valence-corrected chi connectivity index (χ3v) is 5.87. The molecule has 4 rings (SSSR count). The van der Waals surface area contributed by atoms with Gasteiger partial charge in [-0.1, -0.05) is 17.7 Å². The predicted octanol–water partition coefficient (Wildman–Crippen LogP) is 3.61. The summed E-state index contributed by atoms with van der Waals surface area (Å²) in [6.45, 7) is 0.302. The van der Waals surface area contributed by atoms with Gasteiger partial charge in [0, 0.05) is 37.2 Å². The Morgan fingerprint density at radius 2 is 2.15 bits per heavy atom. The Kier molecular flexibility index (Phi) is 7.32. The number of nitrogens with one attached hydrogen (secondary N) is 1. The third-order valence-electron chi connectivity index (χ3n) is 5.57. The van der Waals surface area contributed by atoms with E-state index in [1.807, 2.05) is 0 Å². The predicted molar refractivity (Wildman–Crippen MR) is 121 cm³/mol. The number of ether oxygens (including phenoxy) is 1. The van der Waals surface area contributed by atoms with Crippen molar-refractivity contribution in [1.29, 1.82) is 0 Å². The number of rotatable bonds is 7. The number of hydrogen-bond acceptors (Lipinski definition) is 6. The first-order valence-electron chi connectivity index (χ1n) is 10.6. The maximum absolute atomic E-state index is 14.0. The Balaban J connectivity index is 1.60. The number of benzene rings is 1. The molecule has 0 unspecified atom stereocenters. The average Bonchev–Trinajstić information content (AvgIpc) is 2.81. The molecule has 0 saturated carbocycles. The molecule has 0 aliphatic carbocycles. The Labute approximate surface area is 194 Å². The normalized spacial score (nSPS) is 19.3. The molecule has 3 heterocycles. The molecular weight excluding hydrogens is 454 g/mol. The van der Waals surface area contributed by atoms with Crippen LogP contribution in [0.2, 0.25) is 5.02 Å². The number of pyridine rings is 1. The number of alkyl halides is 1. The molecule has 174 valence electrons. The van der Waals surface area contributed by atoms with Crippen molar-refractivity contribution in [1.82, 2.24) is 14.5 Å². The largest absolute Gasteiger partial charge is 0.396 e. The molecule has 0 spiro atoms. The maximum atomic E-state index is 14.0. The molecule has 3 aromatic rings. The monoisotopic (exact) mass is 476 g/mol. The van der Waals surface area contributed by atoms with Crippen LogP contribution in [0.3, 0.4) is 0 Å². The van der Waals surface area contributed by atoms with Crippen LogP contribution in [-0.2, 0) is 4.74 Å². The number of halogens is 3. The molecule has 10 heteroatoms. The van der Waals surface area contributed by atoms with Crippen LogP contribution in [0.15, 0.2) is 53.6 Å². The summed E-state index contributed by atoms with van der Waals surface area (Å²) in [4.78, 5) is 21.5. The van der Waals surface area contributed by atoms with Crippen molar-refractivity contribution in [3.05, 3.63) is 75.5 Å². The fourth-order valence-electron chi connectivity index (χ4n) is 3.84. The number of aliphatic hydroxyl groups is 1. The minimum Gasteiger partial charge on any atom is -0.396 e. The average molecular weight is 477 g/mol. The van der Waals surface area contributed by atoms with E-state index in [-0.39, 0.29) is 36.2 Å². The molecule has 0 radical (unpaired) electrons. The van der Waals surface area contributed by atoms with Crippen LogP contribution in [0.1, 0.15) is 24.4 Å². The van der Waals surface area contributed by atoms with Crippen molar-refractivity contribution in [2.75, 3.05) is 25.1 Å². The summed E-state index contributed by atoms with van der Waals surface area (Å²) in [5, 5.41) is 12.5. The number of anilines is 1. The van der Waals surface area contributed by atoms with E-state index >= 15 is 0 Å². The van der Waals surface area contributed by atoms with Gasteiger partial charge in [-0.15, -0.1) is 0 Å². The van der Waals surface area contributed by atoms with Gasteiger partial charge in [0.25, 0.3) is 5.56 Å². The molecule has 33 heavy (non-hydrogen) atoms. The van der Waals surface area contributed by atoms with Crippen LogP contribution >= 0.6 is 11.6 Å². The molecule has 0 bridgehead atoms. The second-order valence-corrected chi connectivity index (χ2v) is 8.17. The zero-order valence-electron chi connectivity index (χ0n) is 17.6. The van der Waals surface area contributed by atoms with Gasteiger partial charge in [-0.2, -0.15) is 0 Å². The molecule has 2 N–H and O–H groups in total. The van der Waals surface area contributed by atoms with E-state index in [0.717, 1.165) is 0 Å². The van der Waals surface area contributed by atoms with Crippen molar-refractivity contribution >= 4 is 17.5 Å². The fraction of sp³-hybridized carbons (Fsp3) is 0.348. The van der Waals surface area contributed by atoms with Crippen molar-refractivity contribution in [3.63, 3.8) is 0 Å². The lowest BCUT2D eigenvalue weighted by atomic mass is 10.0. The molecule has 2 aromatic heterocycles. The fourth-order valence-corrected chi connectivity index (χ4v) is 3.95. The van der Waals surface area contributed by atoms with Crippen molar-refractivity contribution in [2.24, 2.45) is 0 Å². The summed E-state index contributed by atoms with van der Waals surface area (Å²) >= 11 is 5.77. The van der Waals surface area contributed by atoms with Crippen LogP contribution in [0.4, 0.5) is 14.7 Å². The lowest BCUT2D eigenvalue weighted by Crippen LogP contribution is -2.39. The minimum atomic E-state index is -1.16. The molecule has 1 aliphatic heterocycles. The summed E-state index contributed by atoms with van der Waals surface area (Å²) in [6.07, 6.45) is 2.68. The van der Waals surface area contributed by atoms with E-state index in [9.17, 15) is 18.7 Å². The van der Waals surface area contributed by atoms with E-state index in [2.05, 4.69) is 15.3 Å². The van der Waals surface area contributed by atoms with Crippen LogP contribution in [-0.4, -0.2) is 51.7 Å². The number of aliphatic hydroxyl groups excluding tert-OH is 1. The van der Waals surface area contributed by atoms with Crippen LogP contribution < -0.4 is 10.9 Å². The molecular formula is C23H23ClF2N4O3. The zero-order valence-corrected chi connectivity index (χ0v) is 18.4. The second kappa shape index (κ2) is 10.4. The van der Waals surface area contributed by atoms with Crippen LogP contribution in [0, 0.1) is 5.82 Å². The topological polar surface area (TPSA) is 89.3 Å². The van der Waals surface area contributed by atoms with Crippen molar-refractivity contribution in [3.8, 4) is 11.3 Å². The highest BCUT2D eigenvalue weighted by Crippen LogP contribution is 2.26. The Hall–Kier alpha value is -2.88. The third kappa shape index (κ3) is 5.38. The van der Waals surface area contributed by atoms with Gasteiger partial charge in [0.15, 0.2) is 0 Å². The minimum absolute atomic E-state index is 0.0165. The molecule has 1 saturated heterocycles. The Morgan fingerprint density at radius 3 is 2.88 bits per heavy atom. The zero-order chi connectivity index (χ0) is 23.4. The Morgan fingerprint density at radius 1 is 1.30 bits per heavy atom. The van der Waals surface area contributed by atoms with E-state index < -0.39 is 24.1 Å². The first kappa shape index (κ1) is 23.3. The van der Waals surface area contributed by atoms with E-state index in [4.69, 9.17) is 16.3 Å². The smallest absolute Gasteiger partial charge is 0.251 e. The van der Waals surface area contributed by atoms with Gasteiger partial charge in [0.05, 0.1) is 29.4 Å². The number of hydrogen-bond donors (Lipinski definition) is 2. The molecule has 1 aliphatic rings. The first-order valence-corrected chi connectivity index (χ1v) is 10.9.